The second-order valence-electron chi connectivity index (χ2n) is 7.82. The van der Waals surface area contributed by atoms with Gasteiger partial charge in [-0.25, -0.2) is 4.79 Å². The summed E-state index contributed by atoms with van der Waals surface area (Å²) < 4.78 is 0. The summed E-state index contributed by atoms with van der Waals surface area (Å²) in [5.74, 6) is -2.00. The molecule has 0 radical (unpaired) electrons. The predicted octanol–water partition coefficient (Wildman–Crippen LogP) is 0.203. The molecule has 1 fully saturated rings. The highest BCUT2D eigenvalue weighted by molar-refractivity contribution is 7.98. The lowest BCUT2D eigenvalue weighted by molar-refractivity contribution is -0.141. The maximum absolute atomic E-state index is 13.1. The van der Waals surface area contributed by atoms with Crippen LogP contribution in [0.4, 0.5) is 0 Å². The van der Waals surface area contributed by atoms with Crippen LogP contribution in [-0.4, -0.2) is 77.3 Å². The van der Waals surface area contributed by atoms with Gasteiger partial charge in [-0.05, 0) is 43.4 Å². The number of thioether (sulfide) groups is 1. The molecule has 1 aliphatic rings. The van der Waals surface area contributed by atoms with E-state index in [0.29, 0.717) is 18.6 Å². The zero-order valence-electron chi connectivity index (χ0n) is 18.6. The van der Waals surface area contributed by atoms with Gasteiger partial charge in [0.2, 0.25) is 17.7 Å². The minimum atomic E-state index is -1.21. The van der Waals surface area contributed by atoms with Crippen LogP contribution in [0.15, 0.2) is 30.3 Å². The largest absolute Gasteiger partial charge is 0.480 e. The molecule has 2 rings (SSSR count). The number of rotatable bonds is 13. The van der Waals surface area contributed by atoms with E-state index in [4.69, 9.17) is 0 Å². The molecular weight excluding hydrogens is 464 g/mol. The summed E-state index contributed by atoms with van der Waals surface area (Å²) in [5.41, 5.74) is 0.801. The molecular formula is C22H32N4O5S2. The van der Waals surface area contributed by atoms with E-state index < -0.39 is 35.9 Å². The van der Waals surface area contributed by atoms with Crippen molar-refractivity contribution < 1.29 is 24.3 Å². The average Bonchev–Trinajstić information content (AvgIpc) is 3.35. The standard InChI is InChI=1S/C22H32N4O5S2/c1-33-11-9-16(24-19(27)15-8-5-10-23-15)20(28)25-17(12-14-6-3-2-4-7-14)21(29)26-18(13-32)22(30)31/h2-4,6-7,15-18,23,32H,5,8-13H2,1H3,(H,24,27)(H,25,28)(H,26,29)(H,30,31). The minimum absolute atomic E-state index is 0.0894. The van der Waals surface area contributed by atoms with Crippen LogP contribution in [0.1, 0.15) is 24.8 Å². The first-order chi connectivity index (χ1) is 15.8. The fourth-order valence-corrected chi connectivity index (χ4v) is 4.19. The van der Waals surface area contributed by atoms with E-state index in [9.17, 15) is 24.3 Å². The molecule has 0 spiro atoms. The lowest BCUT2D eigenvalue weighted by atomic mass is 10.0. The van der Waals surface area contributed by atoms with Crippen molar-refractivity contribution in [1.29, 1.82) is 0 Å². The Kier molecular flexibility index (Phi) is 11.6. The van der Waals surface area contributed by atoms with E-state index in [-0.39, 0.29) is 24.1 Å². The molecule has 5 N–H and O–H groups in total. The molecule has 1 heterocycles. The average molecular weight is 497 g/mol. The second-order valence-corrected chi connectivity index (χ2v) is 9.18. The topological polar surface area (TPSA) is 137 Å². The Hall–Kier alpha value is -2.24. The number of hydrogen-bond donors (Lipinski definition) is 6. The predicted molar refractivity (Wildman–Crippen MR) is 131 cm³/mol. The normalized spacial score (nSPS) is 18.1. The van der Waals surface area contributed by atoms with E-state index in [1.165, 1.54) is 0 Å². The van der Waals surface area contributed by atoms with Gasteiger partial charge >= 0.3 is 5.97 Å². The number of amides is 3. The Balaban J connectivity index is 2.15. The maximum atomic E-state index is 13.1. The molecule has 0 aliphatic carbocycles. The highest BCUT2D eigenvalue weighted by Crippen LogP contribution is 2.09. The van der Waals surface area contributed by atoms with Gasteiger partial charge in [0.05, 0.1) is 6.04 Å². The zero-order valence-corrected chi connectivity index (χ0v) is 20.3. The summed E-state index contributed by atoms with van der Waals surface area (Å²) in [5, 5.41) is 20.3. The fourth-order valence-electron chi connectivity index (χ4n) is 3.47. The monoisotopic (exact) mass is 496 g/mol. The third kappa shape index (κ3) is 8.90. The SMILES string of the molecule is CSCCC(NC(=O)C1CCCN1)C(=O)NC(Cc1ccccc1)C(=O)NC(CS)C(=O)O. The van der Waals surface area contributed by atoms with Gasteiger partial charge in [-0.1, -0.05) is 30.3 Å². The van der Waals surface area contributed by atoms with Gasteiger partial charge < -0.3 is 26.4 Å². The summed E-state index contributed by atoms with van der Waals surface area (Å²) in [6, 6.07) is 5.77. The van der Waals surface area contributed by atoms with Gasteiger partial charge in [-0.2, -0.15) is 24.4 Å². The summed E-state index contributed by atoms with van der Waals surface area (Å²) in [6.45, 7) is 0.759. The van der Waals surface area contributed by atoms with Crippen molar-refractivity contribution in [1.82, 2.24) is 21.3 Å². The molecule has 33 heavy (non-hydrogen) atoms. The summed E-state index contributed by atoms with van der Waals surface area (Å²) in [4.78, 5) is 49.9. The third-order valence-corrected chi connectivity index (χ3v) is 6.34. The maximum Gasteiger partial charge on any atom is 0.327 e. The van der Waals surface area contributed by atoms with Crippen LogP contribution in [0.2, 0.25) is 0 Å². The molecule has 4 unspecified atom stereocenters. The van der Waals surface area contributed by atoms with Gasteiger partial charge in [0.1, 0.15) is 18.1 Å². The first kappa shape index (κ1) is 27.0. The van der Waals surface area contributed by atoms with Gasteiger partial charge in [-0.15, -0.1) is 0 Å². The second kappa shape index (κ2) is 14.1. The van der Waals surface area contributed by atoms with Gasteiger partial charge in [-0.3, -0.25) is 14.4 Å². The van der Waals surface area contributed by atoms with Crippen LogP contribution in [0.25, 0.3) is 0 Å². The van der Waals surface area contributed by atoms with Crippen molar-refractivity contribution in [2.24, 2.45) is 0 Å². The van der Waals surface area contributed by atoms with Crippen LogP contribution in [0.3, 0.4) is 0 Å². The molecule has 3 amide bonds. The molecule has 9 nitrogen and oxygen atoms in total. The number of carboxylic acid groups (broad SMARTS) is 1. The number of aliphatic carboxylic acids is 1. The number of carbonyl (C=O) groups excluding carboxylic acids is 3. The number of carboxylic acids is 1. The number of carbonyl (C=O) groups is 4. The summed E-state index contributed by atoms with van der Waals surface area (Å²) in [6.07, 6.45) is 4.09. The Morgan fingerprint density at radius 1 is 1.09 bits per heavy atom. The van der Waals surface area contributed by atoms with Crippen LogP contribution in [0, 0.1) is 0 Å². The van der Waals surface area contributed by atoms with Gasteiger partial charge in [0, 0.05) is 12.2 Å². The number of nitrogens with one attached hydrogen (secondary N) is 4. The highest BCUT2D eigenvalue weighted by Gasteiger charge is 2.31. The van der Waals surface area contributed by atoms with Crippen LogP contribution in [0.5, 0.6) is 0 Å². The summed E-state index contributed by atoms with van der Waals surface area (Å²) in [7, 11) is 0. The lowest BCUT2D eigenvalue weighted by Gasteiger charge is -2.25. The Bertz CT molecular complexity index is 805. The van der Waals surface area contributed by atoms with Crippen molar-refractivity contribution >= 4 is 48.1 Å². The minimum Gasteiger partial charge on any atom is -0.480 e. The van der Waals surface area contributed by atoms with Crippen LogP contribution in [-0.2, 0) is 25.6 Å². The van der Waals surface area contributed by atoms with E-state index in [2.05, 4.69) is 33.9 Å². The smallest absolute Gasteiger partial charge is 0.327 e. The van der Waals surface area contributed by atoms with Crippen molar-refractivity contribution in [3.63, 3.8) is 0 Å². The summed E-state index contributed by atoms with van der Waals surface area (Å²) >= 11 is 5.53. The van der Waals surface area contributed by atoms with E-state index in [1.54, 1.807) is 11.8 Å². The number of benzene rings is 1. The van der Waals surface area contributed by atoms with Gasteiger partial charge in [0.15, 0.2) is 0 Å². The van der Waals surface area contributed by atoms with E-state index in [1.807, 2.05) is 36.6 Å². The first-order valence-corrected chi connectivity index (χ1v) is 12.9. The van der Waals surface area contributed by atoms with Crippen molar-refractivity contribution in [2.45, 2.75) is 49.9 Å². The first-order valence-electron chi connectivity index (χ1n) is 10.9. The quantitative estimate of drug-likeness (QED) is 0.215. The molecule has 1 aromatic rings. The van der Waals surface area contributed by atoms with E-state index >= 15 is 0 Å². The lowest BCUT2D eigenvalue weighted by Crippen LogP contribution is -2.57. The molecule has 1 aromatic carbocycles. The Labute approximate surface area is 203 Å². The number of hydrogen-bond acceptors (Lipinski definition) is 7. The molecule has 1 aliphatic heterocycles. The number of thiol groups is 1. The molecule has 1 saturated heterocycles. The molecule has 182 valence electrons. The third-order valence-electron chi connectivity index (χ3n) is 5.33. The molecule has 11 heteroatoms. The fraction of sp³-hybridized carbons (Fsp3) is 0.545. The van der Waals surface area contributed by atoms with Gasteiger partial charge in [0.25, 0.3) is 0 Å². The van der Waals surface area contributed by atoms with Crippen molar-refractivity contribution in [3.05, 3.63) is 35.9 Å². The molecule has 0 saturated carbocycles. The Morgan fingerprint density at radius 3 is 2.33 bits per heavy atom. The highest BCUT2D eigenvalue weighted by atomic mass is 32.2. The Morgan fingerprint density at radius 2 is 1.76 bits per heavy atom. The van der Waals surface area contributed by atoms with E-state index in [0.717, 1.165) is 18.5 Å². The zero-order chi connectivity index (χ0) is 24.2. The van der Waals surface area contributed by atoms with Crippen molar-refractivity contribution in [2.75, 3.05) is 24.3 Å². The van der Waals surface area contributed by atoms with Crippen LogP contribution < -0.4 is 21.3 Å². The molecule has 4 atom stereocenters. The van der Waals surface area contributed by atoms with Crippen LogP contribution >= 0.6 is 24.4 Å². The molecule has 0 aromatic heterocycles. The molecule has 0 bridgehead atoms. The van der Waals surface area contributed by atoms with Crippen molar-refractivity contribution in [3.8, 4) is 0 Å².